The van der Waals surface area contributed by atoms with Gasteiger partial charge in [0.2, 0.25) is 0 Å². The van der Waals surface area contributed by atoms with Gasteiger partial charge in [-0.25, -0.2) is 9.67 Å². The van der Waals surface area contributed by atoms with Crippen molar-refractivity contribution in [1.29, 1.82) is 0 Å². The maximum atomic E-state index is 4.80. The zero-order valence-corrected chi connectivity index (χ0v) is 12.5. The van der Waals surface area contributed by atoms with E-state index in [4.69, 9.17) is 4.98 Å². The fraction of sp³-hybridized carbons (Fsp3) is 0.500. The lowest BCUT2D eigenvalue weighted by Gasteiger charge is -2.16. The number of rotatable bonds is 5. The molecule has 0 radical (unpaired) electrons. The van der Waals surface area contributed by atoms with Crippen LogP contribution in [0.1, 0.15) is 25.6 Å². The SMILES string of the molecule is CCn1nc(CC2CC2)nc1-c1ccccc1N(C)C. The van der Waals surface area contributed by atoms with Gasteiger partial charge < -0.3 is 4.90 Å². The number of aromatic nitrogens is 3. The molecule has 0 atom stereocenters. The molecular formula is C16H22N4. The molecule has 1 fully saturated rings. The molecule has 3 rings (SSSR count). The van der Waals surface area contributed by atoms with E-state index in [1.165, 1.54) is 18.5 Å². The van der Waals surface area contributed by atoms with Gasteiger partial charge in [-0.2, -0.15) is 5.10 Å². The van der Waals surface area contributed by atoms with Crippen LogP contribution in [-0.2, 0) is 13.0 Å². The van der Waals surface area contributed by atoms with Crippen molar-refractivity contribution in [2.45, 2.75) is 32.7 Å². The van der Waals surface area contributed by atoms with Crippen molar-refractivity contribution in [2.24, 2.45) is 5.92 Å². The first kappa shape index (κ1) is 13.2. The number of benzene rings is 1. The van der Waals surface area contributed by atoms with Crippen LogP contribution >= 0.6 is 0 Å². The average Bonchev–Trinajstić information content (AvgIpc) is 3.16. The van der Waals surface area contributed by atoms with Crippen LogP contribution in [0.15, 0.2) is 24.3 Å². The summed E-state index contributed by atoms with van der Waals surface area (Å²) in [5, 5.41) is 4.67. The molecule has 1 aromatic heterocycles. The van der Waals surface area contributed by atoms with Gasteiger partial charge in [-0.1, -0.05) is 12.1 Å². The molecule has 1 aromatic carbocycles. The lowest BCUT2D eigenvalue weighted by Crippen LogP contribution is -2.11. The molecule has 0 unspecified atom stereocenters. The Balaban J connectivity index is 2.01. The Morgan fingerprint density at radius 1 is 1.25 bits per heavy atom. The van der Waals surface area contributed by atoms with E-state index < -0.39 is 0 Å². The molecule has 20 heavy (non-hydrogen) atoms. The highest BCUT2D eigenvalue weighted by atomic mass is 15.3. The summed E-state index contributed by atoms with van der Waals surface area (Å²) in [6.07, 6.45) is 3.71. The quantitative estimate of drug-likeness (QED) is 0.837. The summed E-state index contributed by atoms with van der Waals surface area (Å²) in [5.41, 5.74) is 2.35. The van der Waals surface area contributed by atoms with Crippen LogP contribution in [0.4, 0.5) is 5.69 Å². The fourth-order valence-corrected chi connectivity index (χ4v) is 2.53. The van der Waals surface area contributed by atoms with E-state index in [1.807, 2.05) is 4.68 Å². The molecule has 2 aromatic rings. The maximum Gasteiger partial charge on any atom is 0.160 e. The molecular weight excluding hydrogens is 248 g/mol. The number of anilines is 1. The van der Waals surface area contributed by atoms with Crippen LogP contribution in [0.25, 0.3) is 11.4 Å². The van der Waals surface area contributed by atoms with E-state index in [9.17, 15) is 0 Å². The molecule has 106 valence electrons. The molecule has 0 bridgehead atoms. The van der Waals surface area contributed by atoms with Crippen molar-refractivity contribution >= 4 is 5.69 Å². The second kappa shape index (κ2) is 5.27. The minimum absolute atomic E-state index is 0.819. The van der Waals surface area contributed by atoms with E-state index in [0.29, 0.717) is 0 Å². The number of aryl methyl sites for hydroxylation is 1. The molecule has 0 spiro atoms. The van der Waals surface area contributed by atoms with Crippen LogP contribution in [0, 0.1) is 5.92 Å². The van der Waals surface area contributed by atoms with Crippen LogP contribution in [0.3, 0.4) is 0 Å². The highest BCUT2D eigenvalue weighted by Gasteiger charge is 2.24. The zero-order chi connectivity index (χ0) is 14.1. The lowest BCUT2D eigenvalue weighted by molar-refractivity contribution is 0.644. The van der Waals surface area contributed by atoms with Gasteiger partial charge in [-0.15, -0.1) is 0 Å². The van der Waals surface area contributed by atoms with Crippen LogP contribution in [0.5, 0.6) is 0 Å². The summed E-state index contributed by atoms with van der Waals surface area (Å²) in [5.74, 6) is 2.81. The Kier molecular flexibility index (Phi) is 3.47. The highest BCUT2D eigenvalue weighted by Crippen LogP contribution is 2.33. The standard InChI is InChI=1S/C16H22N4/c1-4-20-16(17-15(18-20)11-12-9-10-12)13-7-5-6-8-14(13)19(2)3/h5-8,12H,4,9-11H2,1-3H3. The van der Waals surface area contributed by atoms with E-state index in [0.717, 1.165) is 36.1 Å². The van der Waals surface area contributed by atoms with Gasteiger partial charge in [0.15, 0.2) is 11.6 Å². The van der Waals surface area contributed by atoms with Crippen molar-refractivity contribution in [2.75, 3.05) is 19.0 Å². The molecule has 1 aliphatic rings. The van der Waals surface area contributed by atoms with Crippen LogP contribution in [0.2, 0.25) is 0 Å². The minimum Gasteiger partial charge on any atom is -0.377 e. The predicted molar refractivity (Wildman–Crippen MR) is 81.9 cm³/mol. The molecule has 0 amide bonds. The Hall–Kier alpha value is -1.84. The lowest BCUT2D eigenvalue weighted by atomic mass is 10.1. The second-order valence-electron chi connectivity index (χ2n) is 5.73. The van der Waals surface area contributed by atoms with Gasteiger partial charge >= 0.3 is 0 Å². The molecule has 1 aliphatic carbocycles. The van der Waals surface area contributed by atoms with Crippen LogP contribution in [-0.4, -0.2) is 28.9 Å². The zero-order valence-electron chi connectivity index (χ0n) is 12.5. The Morgan fingerprint density at radius 3 is 2.65 bits per heavy atom. The first-order chi connectivity index (χ1) is 9.69. The smallest absolute Gasteiger partial charge is 0.160 e. The Morgan fingerprint density at radius 2 is 2.00 bits per heavy atom. The summed E-state index contributed by atoms with van der Waals surface area (Å²) < 4.78 is 2.03. The third-order valence-corrected chi connectivity index (χ3v) is 3.81. The van der Waals surface area contributed by atoms with E-state index >= 15 is 0 Å². The first-order valence-corrected chi connectivity index (χ1v) is 7.39. The normalized spacial score (nSPS) is 14.6. The van der Waals surface area contributed by atoms with Gasteiger partial charge in [0, 0.05) is 38.3 Å². The predicted octanol–water partition coefficient (Wildman–Crippen LogP) is 2.98. The maximum absolute atomic E-state index is 4.80. The molecule has 0 saturated heterocycles. The molecule has 1 heterocycles. The molecule has 0 N–H and O–H groups in total. The number of hydrogen-bond acceptors (Lipinski definition) is 3. The van der Waals surface area contributed by atoms with Crippen molar-refractivity contribution < 1.29 is 0 Å². The summed E-state index contributed by atoms with van der Waals surface area (Å²) in [4.78, 5) is 6.93. The van der Waals surface area contributed by atoms with E-state index in [2.05, 4.69) is 55.3 Å². The van der Waals surface area contributed by atoms with E-state index in [-0.39, 0.29) is 0 Å². The third-order valence-electron chi connectivity index (χ3n) is 3.81. The molecule has 4 nitrogen and oxygen atoms in total. The van der Waals surface area contributed by atoms with Gasteiger partial charge in [-0.05, 0) is 37.8 Å². The minimum atomic E-state index is 0.819. The highest BCUT2D eigenvalue weighted by molar-refractivity contribution is 5.74. The van der Waals surface area contributed by atoms with Crippen molar-refractivity contribution in [1.82, 2.24) is 14.8 Å². The fourth-order valence-electron chi connectivity index (χ4n) is 2.53. The topological polar surface area (TPSA) is 34.0 Å². The van der Waals surface area contributed by atoms with Gasteiger partial charge in [0.05, 0.1) is 0 Å². The molecule has 0 aliphatic heterocycles. The number of hydrogen-bond donors (Lipinski definition) is 0. The molecule has 4 heteroatoms. The third kappa shape index (κ3) is 2.55. The largest absolute Gasteiger partial charge is 0.377 e. The Bertz CT molecular complexity index is 596. The summed E-state index contributed by atoms with van der Waals surface area (Å²) >= 11 is 0. The first-order valence-electron chi connectivity index (χ1n) is 7.39. The van der Waals surface area contributed by atoms with E-state index in [1.54, 1.807) is 0 Å². The number of nitrogens with zero attached hydrogens (tertiary/aromatic N) is 4. The summed E-state index contributed by atoms with van der Waals surface area (Å²) in [7, 11) is 4.13. The molecule has 1 saturated carbocycles. The second-order valence-corrected chi connectivity index (χ2v) is 5.73. The summed E-state index contributed by atoms with van der Waals surface area (Å²) in [6.45, 7) is 2.98. The summed E-state index contributed by atoms with van der Waals surface area (Å²) in [6, 6.07) is 8.39. The van der Waals surface area contributed by atoms with Crippen LogP contribution < -0.4 is 4.90 Å². The number of para-hydroxylation sites is 1. The monoisotopic (exact) mass is 270 g/mol. The van der Waals surface area contributed by atoms with Gasteiger partial charge in [-0.3, -0.25) is 0 Å². The van der Waals surface area contributed by atoms with Gasteiger partial charge in [0.1, 0.15) is 0 Å². The average molecular weight is 270 g/mol. The van der Waals surface area contributed by atoms with Crippen molar-refractivity contribution in [3.05, 3.63) is 30.1 Å². The Labute approximate surface area is 120 Å². The van der Waals surface area contributed by atoms with Gasteiger partial charge in [0.25, 0.3) is 0 Å². The van der Waals surface area contributed by atoms with Crippen molar-refractivity contribution in [3.8, 4) is 11.4 Å². The van der Waals surface area contributed by atoms with Crippen molar-refractivity contribution in [3.63, 3.8) is 0 Å².